The van der Waals surface area contributed by atoms with Gasteiger partial charge in [0.05, 0.1) is 22.3 Å². The topological polar surface area (TPSA) is 47.6 Å². The van der Waals surface area contributed by atoms with Crippen molar-refractivity contribution in [1.82, 2.24) is 0 Å². The Kier molecular flexibility index (Phi) is 6.97. The molecule has 0 fully saturated rings. The zero-order valence-corrected chi connectivity index (χ0v) is 16.9. The highest BCUT2D eigenvalue weighted by Crippen LogP contribution is 2.38. The number of esters is 1. The van der Waals surface area contributed by atoms with Crippen molar-refractivity contribution in [2.75, 3.05) is 11.9 Å². The van der Waals surface area contributed by atoms with Crippen LogP contribution in [-0.4, -0.2) is 18.9 Å². The number of carbonyl (C=O) groups is 1. The predicted molar refractivity (Wildman–Crippen MR) is 104 cm³/mol. The smallest absolute Gasteiger partial charge is 0.462 e. The Balaban J connectivity index is 2.57. The number of rotatable bonds is 5. The summed E-state index contributed by atoms with van der Waals surface area (Å²) in [4.78, 5) is 12.3. The van der Waals surface area contributed by atoms with Crippen molar-refractivity contribution in [1.29, 1.82) is 0 Å². The first kappa shape index (κ1) is 21.6. The molecule has 0 amide bonds. The molecule has 0 radical (unpaired) electrons. The van der Waals surface area contributed by atoms with Gasteiger partial charge in [-0.2, -0.15) is 0 Å². The summed E-state index contributed by atoms with van der Waals surface area (Å²) in [7, 11) is 0. The zero-order chi connectivity index (χ0) is 20.9. The molecule has 28 heavy (non-hydrogen) atoms. The zero-order valence-electron chi connectivity index (χ0n) is 15.3. The first-order valence-electron chi connectivity index (χ1n) is 8.22. The fraction of sp³-hybridized carbons (Fsp3) is 0.250. The fourth-order valence-electron chi connectivity index (χ4n) is 2.52. The van der Waals surface area contributed by atoms with Gasteiger partial charge in [-0.05, 0) is 71.6 Å². The lowest BCUT2D eigenvalue weighted by Crippen LogP contribution is -2.16. The van der Waals surface area contributed by atoms with E-state index in [0.29, 0.717) is 21.3 Å². The second kappa shape index (κ2) is 9.02. The molecule has 0 bridgehead atoms. The maximum Gasteiger partial charge on any atom is 0.573 e. The molecule has 1 N–H and O–H groups in total. The largest absolute Gasteiger partial charge is 0.573 e. The Hall–Kier alpha value is -2.66. The number of ether oxygens (including phenoxy) is 2. The summed E-state index contributed by atoms with van der Waals surface area (Å²) in [5.74, 6) is 1.86. The van der Waals surface area contributed by atoms with Gasteiger partial charge in [-0.3, -0.25) is 0 Å². The van der Waals surface area contributed by atoms with Crippen molar-refractivity contribution in [3.63, 3.8) is 0 Å². The van der Waals surface area contributed by atoms with Gasteiger partial charge < -0.3 is 14.8 Å². The van der Waals surface area contributed by atoms with E-state index >= 15 is 0 Å². The molecular weight excluding hydrogens is 439 g/mol. The molecule has 0 saturated heterocycles. The van der Waals surface area contributed by atoms with Crippen LogP contribution in [-0.2, 0) is 4.74 Å². The standard InChI is InChI=1S/C20H17BrF3NO3/c1-4-10-25-18-12(3)15(11-16(17(18)21)19(26)27-5-2)13-6-8-14(9-7-13)28-20(22,23)24/h6-9,11,25H,5H2,1-3H3. The van der Waals surface area contributed by atoms with E-state index in [1.54, 1.807) is 19.9 Å². The van der Waals surface area contributed by atoms with Gasteiger partial charge in [0, 0.05) is 6.04 Å². The molecule has 0 atom stereocenters. The number of nitrogens with one attached hydrogen (secondary N) is 1. The molecule has 0 aliphatic rings. The van der Waals surface area contributed by atoms with Gasteiger partial charge in [-0.1, -0.05) is 18.1 Å². The maximum absolute atomic E-state index is 12.4. The number of hydrogen-bond acceptors (Lipinski definition) is 4. The van der Waals surface area contributed by atoms with E-state index in [-0.39, 0.29) is 17.9 Å². The average molecular weight is 456 g/mol. The van der Waals surface area contributed by atoms with Gasteiger partial charge in [-0.15, -0.1) is 13.2 Å². The van der Waals surface area contributed by atoms with Crippen LogP contribution < -0.4 is 10.1 Å². The van der Waals surface area contributed by atoms with Crippen LogP contribution in [0.25, 0.3) is 11.1 Å². The molecule has 148 valence electrons. The van der Waals surface area contributed by atoms with E-state index in [1.165, 1.54) is 24.3 Å². The molecule has 0 saturated carbocycles. The molecular formula is C20H17BrF3NO3. The van der Waals surface area contributed by atoms with E-state index in [2.05, 4.69) is 37.9 Å². The Morgan fingerprint density at radius 2 is 1.89 bits per heavy atom. The van der Waals surface area contributed by atoms with Crippen molar-refractivity contribution in [2.24, 2.45) is 0 Å². The monoisotopic (exact) mass is 455 g/mol. The van der Waals surface area contributed by atoms with E-state index in [9.17, 15) is 18.0 Å². The van der Waals surface area contributed by atoms with Crippen LogP contribution in [0.2, 0.25) is 0 Å². The Morgan fingerprint density at radius 3 is 2.43 bits per heavy atom. The van der Waals surface area contributed by atoms with Crippen molar-refractivity contribution >= 4 is 27.6 Å². The van der Waals surface area contributed by atoms with E-state index in [0.717, 1.165) is 5.56 Å². The second-order valence-electron chi connectivity index (χ2n) is 5.58. The molecule has 8 heteroatoms. The van der Waals surface area contributed by atoms with Crippen LogP contribution in [0.1, 0.15) is 29.8 Å². The van der Waals surface area contributed by atoms with Gasteiger partial charge in [0.15, 0.2) is 0 Å². The molecule has 0 unspecified atom stereocenters. The van der Waals surface area contributed by atoms with Crippen LogP contribution >= 0.6 is 15.9 Å². The molecule has 0 aliphatic carbocycles. The Morgan fingerprint density at radius 1 is 1.25 bits per heavy atom. The summed E-state index contributed by atoms with van der Waals surface area (Å²) in [5.41, 5.74) is 2.86. The van der Waals surface area contributed by atoms with Gasteiger partial charge in [-0.25, -0.2) is 4.79 Å². The second-order valence-corrected chi connectivity index (χ2v) is 6.37. The lowest BCUT2D eigenvalue weighted by atomic mass is 9.96. The number of carbonyl (C=O) groups excluding carboxylic acids is 1. The number of anilines is 1. The number of hydrogen-bond donors (Lipinski definition) is 1. The van der Waals surface area contributed by atoms with Crippen LogP contribution in [0.15, 0.2) is 34.8 Å². The summed E-state index contributed by atoms with van der Waals surface area (Å²) in [6, 6.07) is 9.76. The van der Waals surface area contributed by atoms with Crippen molar-refractivity contribution in [3.8, 4) is 28.8 Å². The SMILES string of the molecule is CC#CNc1c(C)c(-c2ccc(OC(F)(F)F)cc2)cc(C(=O)OCC)c1Br. The highest BCUT2D eigenvalue weighted by atomic mass is 79.9. The van der Waals surface area contributed by atoms with Crippen molar-refractivity contribution < 1.29 is 27.4 Å². The molecule has 2 aromatic rings. The molecule has 0 aliphatic heterocycles. The molecule has 0 aromatic heterocycles. The minimum absolute atomic E-state index is 0.204. The van der Waals surface area contributed by atoms with Crippen LogP contribution in [0, 0.1) is 18.9 Å². The number of alkyl halides is 3. The summed E-state index contributed by atoms with van der Waals surface area (Å²) >= 11 is 3.41. The maximum atomic E-state index is 12.4. The summed E-state index contributed by atoms with van der Waals surface area (Å²) < 4.78 is 46.6. The number of halogens is 4. The molecule has 2 aromatic carbocycles. The van der Waals surface area contributed by atoms with Gasteiger partial charge in [0.25, 0.3) is 0 Å². The van der Waals surface area contributed by atoms with Crippen LogP contribution in [0.4, 0.5) is 18.9 Å². The molecule has 2 rings (SSSR count). The normalized spacial score (nSPS) is 10.7. The van der Waals surface area contributed by atoms with E-state index in [1.807, 2.05) is 6.92 Å². The van der Waals surface area contributed by atoms with Gasteiger partial charge in [0.1, 0.15) is 5.75 Å². The van der Waals surface area contributed by atoms with Crippen LogP contribution in [0.3, 0.4) is 0 Å². The summed E-state index contributed by atoms with van der Waals surface area (Å²) in [5, 5.41) is 2.93. The summed E-state index contributed by atoms with van der Waals surface area (Å²) in [6.45, 7) is 5.37. The van der Waals surface area contributed by atoms with Gasteiger partial charge >= 0.3 is 12.3 Å². The third kappa shape index (κ3) is 5.20. The molecule has 4 nitrogen and oxygen atoms in total. The molecule has 0 spiro atoms. The van der Waals surface area contributed by atoms with Gasteiger partial charge in [0.2, 0.25) is 0 Å². The average Bonchev–Trinajstić information content (AvgIpc) is 2.61. The minimum Gasteiger partial charge on any atom is -0.462 e. The summed E-state index contributed by atoms with van der Waals surface area (Å²) in [6.07, 6.45) is -4.76. The predicted octanol–water partition coefficient (Wildman–Crippen LogP) is 5.89. The minimum atomic E-state index is -4.76. The highest BCUT2D eigenvalue weighted by Gasteiger charge is 2.31. The third-order valence-electron chi connectivity index (χ3n) is 3.73. The van der Waals surface area contributed by atoms with Crippen LogP contribution in [0.5, 0.6) is 5.75 Å². The fourth-order valence-corrected chi connectivity index (χ4v) is 3.19. The lowest BCUT2D eigenvalue weighted by molar-refractivity contribution is -0.274. The van der Waals surface area contributed by atoms with Crippen molar-refractivity contribution in [2.45, 2.75) is 27.1 Å². The van der Waals surface area contributed by atoms with Crippen molar-refractivity contribution in [3.05, 3.63) is 45.9 Å². The first-order valence-corrected chi connectivity index (χ1v) is 9.01. The number of benzene rings is 2. The quantitative estimate of drug-likeness (QED) is 0.346. The lowest BCUT2D eigenvalue weighted by Gasteiger charge is -2.17. The molecule has 0 heterocycles. The van der Waals surface area contributed by atoms with E-state index in [4.69, 9.17) is 4.74 Å². The van der Waals surface area contributed by atoms with E-state index < -0.39 is 12.3 Å². The Labute approximate surface area is 169 Å². The first-order chi connectivity index (χ1) is 13.2. The Bertz CT molecular complexity index is 929. The third-order valence-corrected chi connectivity index (χ3v) is 4.55. The highest BCUT2D eigenvalue weighted by molar-refractivity contribution is 9.10.